The Balaban J connectivity index is 3.34. The number of halogens is 1. The first-order chi connectivity index (χ1) is 4.20. The predicted octanol–water partition coefficient (Wildman–Crippen LogP) is 0.734. The molecule has 0 unspecified atom stereocenters. The van der Waals surface area contributed by atoms with E-state index in [4.69, 9.17) is 16.7 Å². The van der Waals surface area contributed by atoms with E-state index in [9.17, 15) is 4.79 Å². The lowest BCUT2D eigenvalue weighted by atomic mass is 10.5. The highest BCUT2D eigenvalue weighted by Crippen LogP contribution is 2.15. The van der Waals surface area contributed by atoms with E-state index in [1.54, 1.807) is 0 Å². The van der Waals surface area contributed by atoms with E-state index in [0.717, 1.165) is 0 Å². The molecule has 0 bridgehead atoms. The van der Waals surface area contributed by atoms with Gasteiger partial charge in [-0.1, -0.05) is 11.6 Å². The summed E-state index contributed by atoms with van der Waals surface area (Å²) in [5, 5.41) is 8.72. The molecule has 1 aromatic rings. The highest BCUT2D eigenvalue weighted by Gasteiger charge is 1.94. The molecule has 0 spiro atoms. The maximum atomic E-state index is 10.4. The highest BCUT2D eigenvalue weighted by atomic mass is 35.5. The fourth-order valence-electron chi connectivity index (χ4n) is 0.442. The van der Waals surface area contributed by atoms with Gasteiger partial charge in [-0.3, -0.25) is 4.79 Å². The molecule has 0 fully saturated rings. The van der Waals surface area contributed by atoms with Crippen molar-refractivity contribution < 1.29 is 5.11 Å². The Morgan fingerprint density at radius 2 is 2.22 bits per heavy atom. The summed E-state index contributed by atoms with van der Waals surface area (Å²) in [5.41, 5.74) is -0.321. The van der Waals surface area contributed by atoms with Gasteiger partial charge in [0.1, 0.15) is 0 Å². The van der Waals surface area contributed by atoms with E-state index in [-0.39, 0.29) is 16.5 Å². The van der Waals surface area contributed by atoms with Crippen molar-refractivity contribution in [3.63, 3.8) is 0 Å². The summed E-state index contributed by atoms with van der Waals surface area (Å²) in [5.74, 6) is -0.115. The Morgan fingerprint density at radius 1 is 1.56 bits per heavy atom. The van der Waals surface area contributed by atoms with Crippen LogP contribution in [0.1, 0.15) is 0 Å². The molecule has 9 heavy (non-hydrogen) atoms. The van der Waals surface area contributed by atoms with Crippen LogP contribution in [0.2, 0.25) is 5.15 Å². The van der Waals surface area contributed by atoms with Crippen LogP contribution in [0.5, 0.6) is 5.75 Å². The van der Waals surface area contributed by atoms with Crippen LogP contribution in [0.15, 0.2) is 16.9 Å². The molecule has 0 saturated carbocycles. The van der Waals surface area contributed by atoms with Crippen molar-refractivity contribution in [2.24, 2.45) is 0 Å². The van der Waals surface area contributed by atoms with E-state index < -0.39 is 0 Å². The zero-order valence-electron chi connectivity index (χ0n) is 4.39. The Morgan fingerprint density at radius 3 is 2.67 bits per heavy atom. The first-order valence-electron chi connectivity index (χ1n) is 2.28. The quantitative estimate of drug-likeness (QED) is 0.529. The van der Waals surface area contributed by atoms with Crippen LogP contribution in [-0.2, 0) is 0 Å². The van der Waals surface area contributed by atoms with E-state index >= 15 is 0 Å². The van der Waals surface area contributed by atoms with Crippen molar-refractivity contribution >= 4 is 11.6 Å². The van der Waals surface area contributed by atoms with E-state index in [0.29, 0.717) is 0 Å². The van der Waals surface area contributed by atoms with Gasteiger partial charge in [0.2, 0.25) is 5.56 Å². The molecule has 2 N–H and O–H groups in total. The molecule has 3 nitrogen and oxygen atoms in total. The molecular formula is C5H4ClNO2. The summed E-state index contributed by atoms with van der Waals surface area (Å²) < 4.78 is 0. The minimum absolute atomic E-state index is 0.0255. The average Bonchev–Trinajstić information content (AvgIpc) is 1.80. The second kappa shape index (κ2) is 2.11. The van der Waals surface area contributed by atoms with Gasteiger partial charge in [-0.05, 0) is 6.07 Å². The third-order valence-corrected chi connectivity index (χ3v) is 1.14. The number of aromatic hydroxyl groups is 1. The molecule has 1 rings (SSSR count). The number of nitrogens with one attached hydrogen (secondary N) is 1. The molecule has 0 saturated heterocycles. The Kier molecular flexibility index (Phi) is 1.44. The predicted molar refractivity (Wildman–Crippen MR) is 33.7 cm³/mol. The average molecular weight is 146 g/mol. The monoisotopic (exact) mass is 145 g/mol. The van der Waals surface area contributed by atoms with E-state index in [2.05, 4.69) is 4.98 Å². The fourth-order valence-corrected chi connectivity index (χ4v) is 0.598. The first-order valence-corrected chi connectivity index (χ1v) is 2.66. The van der Waals surface area contributed by atoms with Gasteiger partial charge in [-0.25, -0.2) is 0 Å². The number of aromatic amines is 1. The summed E-state index contributed by atoms with van der Waals surface area (Å²) in [6, 6.07) is 2.43. The zero-order chi connectivity index (χ0) is 6.85. The molecule has 0 aliphatic heterocycles. The fraction of sp³-hybridized carbons (Fsp3) is 0. The van der Waals surface area contributed by atoms with Gasteiger partial charge in [-0.15, -0.1) is 0 Å². The van der Waals surface area contributed by atoms with Gasteiger partial charge in [-0.2, -0.15) is 0 Å². The number of hydrogen-bond acceptors (Lipinski definition) is 2. The van der Waals surface area contributed by atoms with E-state index in [1.165, 1.54) is 12.1 Å². The van der Waals surface area contributed by atoms with E-state index in [1.807, 2.05) is 0 Å². The normalized spacial score (nSPS) is 9.44. The molecule has 0 amide bonds. The molecule has 0 aliphatic rings. The zero-order valence-corrected chi connectivity index (χ0v) is 5.14. The van der Waals surface area contributed by atoms with Crippen molar-refractivity contribution in [2.75, 3.05) is 0 Å². The van der Waals surface area contributed by atoms with Crippen molar-refractivity contribution in [3.8, 4) is 5.75 Å². The van der Waals surface area contributed by atoms with Crippen LogP contribution >= 0.6 is 11.6 Å². The van der Waals surface area contributed by atoms with Gasteiger partial charge in [0.25, 0.3) is 0 Å². The van der Waals surface area contributed by atoms with Gasteiger partial charge < -0.3 is 10.1 Å². The smallest absolute Gasteiger partial charge is 0.249 e. The number of rotatable bonds is 0. The first kappa shape index (κ1) is 6.16. The van der Waals surface area contributed by atoms with Crippen molar-refractivity contribution in [2.45, 2.75) is 0 Å². The number of hydrogen-bond donors (Lipinski definition) is 2. The molecular weight excluding hydrogens is 142 g/mol. The van der Waals surface area contributed by atoms with Crippen LogP contribution in [0.25, 0.3) is 0 Å². The third-order valence-electron chi connectivity index (χ3n) is 0.850. The van der Waals surface area contributed by atoms with Crippen molar-refractivity contribution in [3.05, 3.63) is 27.6 Å². The van der Waals surface area contributed by atoms with Gasteiger partial charge in [0, 0.05) is 6.07 Å². The topological polar surface area (TPSA) is 53.1 Å². The second-order valence-electron chi connectivity index (χ2n) is 1.52. The lowest BCUT2D eigenvalue weighted by Crippen LogP contribution is -2.01. The highest BCUT2D eigenvalue weighted by molar-refractivity contribution is 6.30. The number of pyridine rings is 1. The van der Waals surface area contributed by atoms with Crippen LogP contribution < -0.4 is 5.56 Å². The molecule has 1 aromatic heterocycles. The van der Waals surface area contributed by atoms with Crippen molar-refractivity contribution in [1.29, 1.82) is 0 Å². The molecule has 0 atom stereocenters. The molecule has 4 heteroatoms. The number of H-pyrrole nitrogens is 1. The standard InChI is InChI=1S/C5H4ClNO2/c6-5-3(8)1-2-4(9)7-5/h1-2,8H,(H,7,9). The lowest BCUT2D eigenvalue weighted by Gasteiger charge is -1.90. The Labute approximate surface area is 55.9 Å². The summed E-state index contributed by atoms with van der Waals surface area (Å²) in [6.07, 6.45) is 0. The Bertz CT molecular complexity index is 268. The maximum absolute atomic E-state index is 10.4. The number of aromatic nitrogens is 1. The van der Waals surface area contributed by atoms with Crippen LogP contribution in [0, 0.1) is 0 Å². The molecule has 48 valence electrons. The minimum atomic E-state index is -0.321. The molecule has 0 radical (unpaired) electrons. The summed E-state index contributed by atoms with van der Waals surface area (Å²) in [6.45, 7) is 0. The van der Waals surface area contributed by atoms with Crippen LogP contribution in [0.3, 0.4) is 0 Å². The summed E-state index contributed by atoms with van der Waals surface area (Å²) in [7, 11) is 0. The SMILES string of the molecule is O=c1ccc(O)c(Cl)[nH]1. The molecule has 0 aromatic carbocycles. The van der Waals surface area contributed by atoms with Crippen LogP contribution in [-0.4, -0.2) is 10.1 Å². The van der Waals surface area contributed by atoms with Gasteiger partial charge >= 0.3 is 0 Å². The third kappa shape index (κ3) is 1.23. The van der Waals surface area contributed by atoms with Crippen LogP contribution in [0.4, 0.5) is 0 Å². The molecule has 1 heterocycles. The largest absolute Gasteiger partial charge is 0.505 e. The second-order valence-corrected chi connectivity index (χ2v) is 1.90. The Hall–Kier alpha value is -0.960. The summed E-state index contributed by atoms with van der Waals surface area (Å²) in [4.78, 5) is 12.6. The van der Waals surface area contributed by atoms with Crippen molar-refractivity contribution in [1.82, 2.24) is 4.98 Å². The maximum Gasteiger partial charge on any atom is 0.249 e. The van der Waals surface area contributed by atoms with Gasteiger partial charge in [0.05, 0.1) is 0 Å². The van der Waals surface area contributed by atoms with Gasteiger partial charge in [0.15, 0.2) is 10.9 Å². The minimum Gasteiger partial charge on any atom is -0.505 e. The molecule has 0 aliphatic carbocycles. The summed E-state index contributed by atoms with van der Waals surface area (Å²) >= 11 is 5.31. The lowest BCUT2D eigenvalue weighted by molar-refractivity contribution is 0.472.